The van der Waals surface area contributed by atoms with Crippen LogP contribution in [0.1, 0.15) is 30.1 Å². The van der Waals surface area contributed by atoms with E-state index in [9.17, 15) is 9.90 Å². The Labute approximate surface area is 127 Å². The molecule has 1 fully saturated rings. The Hall–Kier alpha value is -0.820. The Morgan fingerprint density at radius 1 is 1.58 bits per heavy atom. The number of carbonyl (C=O) groups is 1. The molecule has 0 spiro atoms. The van der Waals surface area contributed by atoms with Crippen LogP contribution in [-0.4, -0.2) is 30.6 Å². The van der Waals surface area contributed by atoms with E-state index in [4.69, 9.17) is 0 Å². The Morgan fingerprint density at radius 2 is 2.37 bits per heavy atom. The summed E-state index contributed by atoms with van der Waals surface area (Å²) >= 11 is 2.13. The maximum Gasteiger partial charge on any atom is 0.255 e. The van der Waals surface area contributed by atoms with Crippen LogP contribution in [0.25, 0.3) is 0 Å². The first-order chi connectivity index (χ1) is 9.00. The maximum atomic E-state index is 12.1. The number of piperidine rings is 1. The topological polar surface area (TPSA) is 61.4 Å². The van der Waals surface area contributed by atoms with E-state index in [1.54, 1.807) is 18.2 Å². The van der Waals surface area contributed by atoms with Gasteiger partial charge in [0.1, 0.15) is 5.75 Å². The van der Waals surface area contributed by atoms with Crippen LogP contribution in [0.3, 0.4) is 0 Å². The third-order valence-corrected chi connectivity index (χ3v) is 4.24. The molecule has 5 heteroatoms. The van der Waals surface area contributed by atoms with Gasteiger partial charge in [-0.15, -0.1) is 0 Å². The summed E-state index contributed by atoms with van der Waals surface area (Å²) in [6.07, 6.45) is 2.25. The third-order valence-electron chi connectivity index (χ3n) is 3.56. The quantitative estimate of drug-likeness (QED) is 0.711. The number of phenols is 1. The zero-order valence-corrected chi connectivity index (χ0v) is 13.2. The number of hydrogen-bond donors (Lipinski definition) is 3. The number of hydrogen-bond acceptors (Lipinski definition) is 3. The predicted molar refractivity (Wildman–Crippen MR) is 83.4 cm³/mol. The zero-order valence-electron chi connectivity index (χ0n) is 11.0. The van der Waals surface area contributed by atoms with E-state index in [2.05, 4.69) is 40.1 Å². The summed E-state index contributed by atoms with van der Waals surface area (Å²) in [4.78, 5) is 12.1. The van der Waals surface area contributed by atoms with E-state index in [0.29, 0.717) is 12.1 Å². The Morgan fingerprint density at radius 3 is 3.05 bits per heavy atom. The van der Waals surface area contributed by atoms with Gasteiger partial charge in [-0.2, -0.15) is 0 Å². The average molecular weight is 374 g/mol. The number of benzene rings is 1. The Bertz CT molecular complexity index is 471. The molecule has 1 aliphatic heterocycles. The number of amides is 1. The summed E-state index contributed by atoms with van der Waals surface area (Å²) < 4.78 is 0.936. The molecule has 0 aliphatic carbocycles. The summed E-state index contributed by atoms with van der Waals surface area (Å²) in [5, 5.41) is 16.0. The molecule has 104 valence electrons. The number of aromatic hydroxyl groups is 1. The second-order valence-corrected chi connectivity index (χ2v) is 6.68. The van der Waals surface area contributed by atoms with Gasteiger partial charge in [-0.25, -0.2) is 0 Å². The molecule has 1 aromatic rings. The van der Waals surface area contributed by atoms with Crippen LogP contribution in [0.4, 0.5) is 0 Å². The van der Waals surface area contributed by atoms with Crippen LogP contribution < -0.4 is 10.6 Å². The molecule has 1 aliphatic rings. The molecule has 0 aromatic heterocycles. The van der Waals surface area contributed by atoms with E-state index in [-0.39, 0.29) is 17.1 Å². The molecule has 19 heavy (non-hydrogen) atoms. The standard InChI is InChI=1S/C14H19IN2O2/c1-14(5-2-6-16-8-14)9-17-13(19)11-7-10(15)3-4-12(11)18/h3-4,7,16,18H,2,5-6,8-9H2,1H3,(H,17,19). The number of phenolic OH excluding ortho intramolecular Hbond substituents is 1. The average Bonchev–Trinajstić information content (AvgIpc) is 2.40. The molecular weight excluding hydrogens is 355 g/mol. The molecule has 1 heterocycles. The van der Waals surface area contributed by atoms with Crippen molar-refractivity contribution in [3.63, 3.8) is 0 Å². The van der Waals surface area contributed by atoms with Gasteiger partial charge in [-0.3, -0.25) is 4.79 Å². The molecule has 3 N–H and O–H groups in total. The monoisotopic (exact) mass is 374 g/mol. The number of carbonyl (C=O) groups excluding carboxylic acids is 1. The van der Waals surface area contributed by atoms with Crippen molar-refractivity contribution in [3.05, 3.63) is 27.3 Å². The molecule has 0 radical (unpaired) electrons. The normalized spacial score (nSPS) is 23.1. The van der Waals surface area contributed by atoms with Crippen LogP contribution in [0, 0.1) is 8.99 Å². The van der Waals surface area contributed by atoms with Crippen LogP contribution >= 0.6 is 22.6 Å². The minimum atomic E-state index is -0.206. The minimum absolute atomic E-state index is 0.0323. The lowest BCUT2D eigenvalue weighted by molar-refractivity contribution is 0.0922. The SMILES string of the molecule is CC1(CNC(=O)c2cc(I)ccc2O)CCCNC1. The van der Waals surface area contributed by atoms with Crippen molar-refractivity contribution in [1.29, 1.82) is 0 Å². The fourth-order valence-electron chi connectivity index (χ4n) is 2.35. The molecule has 1 amide bonds. The van der Waals surface area contributed by atoms with Crippen molar-refractivity contribution in [2.45, 2.75) is 19.8 Å². The third kappa shape index (κ3) is 3.82. The fourth-order valence-corrected chi connectivity index (χ4v) is 2.84. The van der Waals surface area contributed by atoms with Gasteiger partial charge in [0.15, 0.2) is 0 Å². The first-order valence-corrected chi connectivity index (χ1v) is 7.55. The highest BCUT2D eigenvalue weighted by atomic mass is 127. The molecule has 1 aromatic carbocycles. The summed E-state index contributed by atoms with van der Waals surface area (Å²) in [6.45, 7) is 4.78. The van der Waals surface area contributed by atoms with E-state index in [1.807, 2.05) is 0 Å². The highest BCUT2D eigenvalue weighted by molar-refractivity contribution is 14.1. The molecule has 1 unspecified atom stereocenters. The van der Waals surface area contributed by atoms with Gasteiger partial charge in [0.05, 0.1) is 5.56 Å². The van der Waals surface area contributed by atoms with E-state index < -0.39 is 0 Å². The second kappa shape index (κ2) is 6.09. The van der Waals surface area contributed by atoms with Crippen LogP contribution in [0.5, 0.6) is 5.75 Å². The highest BCUT2D eigenvalue weighted by Crippen LogP contribution is 2.25. The number of nitrogens with one attached hydrogen (secondary N) is 2. The van der Waals surface area contributed by atoms with Gasteiger partial charge in [0.25, 0.3) is 5.91 Å². The highest BCUT2D eigenvalue weighted by Gasteiger charge is 2.27. The maximum absolute atomic E-state index is 12.1. The van der Waals surface area contributed by atoms with Crippen molar-refractivity contribution >= 4 is 28.5 Å². The van der Waals surface area contributed by atoms with Crippen LogP contribution in [0.15, 0.2) is 18.2 Å². The fraction of sp³-hybridized carbons (Fsp3) is 0.500. The molecule has 0 saturated carbocycles. The molecule has 2 rings (SSSR count). The van der Waals surface area contributed by atoms with Crippen molar-refractivity contribution in [1.82, 2.24) is 10.6 Å². The van der Waals surface area contributed by atoms with E-state index in [0.717, 1.165) is 29.5 Å². The van der Waals surface area contributed by atoms with Crippen molar-refractivity contribution < 1.29 is 9.90 Å². The van der Waals surface area contributed by atoms with Gasteiger partial charge >= 0.3 is 0 Å². The van der Waals surface area contributed by atoms with Gasteiger partial charge in [0, 0.05) is 16.7 Å². The molecule has 0 bridgehead atoms. The molecule has 1 saturated heterocycles. The van der Waals surface area contributed by atoms with Crippen molar-refractivity contribution in [2.75, 3.05) is 19.6 Å². The second-order valence-electron chi connectivity index (χ2n) is 5.44. The van der Waals surface area contributed by atoms with E-state index in [1.165, 1.54) is 0 Å². The first kappa shape index (κ1) is 14.6. The van der Waals surface area contributed by atoms with Crippen molar-refractivity contribution in [3.8, 4) is 5.75 Å². The zero-order chi connectivity index (χ0) is 13.9. The van der Waals surface area contributed by atoms with Crippen molar-refractivity contribution in [2.24, 2.45) is 5.41 Å². The molecule has 4 nitrogen and oxygen atoms in total. The lowest BCUT2D eigenvalue weighted by atomic mass is 9.83. The summed E-state index contributed by atoms with van der Waals surface area (Å²) in [5.74, 6) is -0.173. The lowest BCUT2D eigenvalue weighted by Crippen LogP contribution is -2.45. The van der Waals surface area contributed by atoms with Crippen LogP contribution in [0.2, 0.25) is 0 Å². The largest absolute Gasteiger partial charge is 0.507 e. The van der Waals surface area contributed by atoms with E-state index >= 15 is 0 Å². The lowest BCUT2D eigenvalue weighted by Gasteiger charge is -2.34. The Kier molecular flexibility index (Phi) is 4.67. The van der Waals surface area contributed by atoms with Gasteiger partial charge in [0.2, 0.25) is 0 Å². The number of halogens is 1. The summed E-state index contributed by atoms with van der Waals surface area (Å²) in [7, 11) is 0. The molecular formula is C14H19IN2O2. The number of rotatable bonds is 3. The summed E-state index contributed by atoms with van der Waals surface area (Å²) in [6, 6.07) is 5.03. The van der Waals surface area contributed by atoms with Gasteiger partial charge < -0.3 is 15.7 Å². The smallest absolute Gasteiger partial charge is 0.255 e. The Balaban J connectivity index is 1.99. The molecule has 1 atom stereocenters. The van der Waals surface area contributed by atoms with Gasteiger partial charge in [-0.1, -0.05) is 6.92 Å². The van der Waals surface area contributed by atoms with Gasteiger partial charge in [-0.05, 0) is 65.6 Å². The first-order valence-electron chi connectivity index (χ1n) is 6.48. The minimum Gasteiger partial charge on any atom is -0.507 e. The predicted octanol–water partition coefficient (Wildman–Crippen LogP) is 2.12. The summed E-state index contributed by atoms with van der Waals surface area (Å²) in [5.41, 5.74) is 0.449. The van der Waals surface area contributed by atoms with Crippen LogP contribution in [-0.2, 0) is 0 Å².